The van der Waals surface area contributed by atoms with Crippen LogP contribution in [0.25, 0.3) is 0 Å². The van der Waals surface area contributed by atoms with Gasteiger partial charge in [0.1, 0.15) is 5.41 Å². The summed E-state index contributed by atoms with van der Waals surface area (Å²) in [6, 6.07) is 0.859. The molecule has 0 aromatic rings. The van der Waals surface area contributed by atoms with Gasteiger partial charge in [-0.15, -0.1) is 0 Å². The molecule has 0 aliphatic carbocycles. The van der Waals surface area contributed by atoms with Crippen molar-refractivity contribution in [3.05, 3.63) is 0 Å². The first kappa shape index (κ1) is 27.9. The number of rotatable bonds is 9. The highest BCUT2D eigenvalue weighted by atomic mass is 19.4. The highest BCUT2D eigenvalue weighted by Crippen LogP contribution is 2.60. The van der Waals surface area contributed by atoms with E-state index in [-0.39, 0.29) is 0 Å². The minimum atomic E-state index is -7.90. The SMILES string of the molecule is N#CC(C#N)(CCC(F)(F)F)CC(F)(F)C(F)(F)C(F)(F)C(F)(F)C(F)(F)C(F)F. The molecule has 0 aliphatic heterocycles. The van der Waals surface area contributed by atoms with Gasteiger partial charge in [-0.3, -0.25) is 0 Å². The second-order valence-electron chi connectivity index (χ2n) is 5.95. The topological polar surface area (TPSA) is 47.6 Å². The van der Waals surface area contributed by atoms with Crippen LogP contribution < -0.4 is 0 Å². The summed E-state index contributed by atoms with van der Waals surface area (Å²) in [6.07, 6.45) is -18.5. The fraction of sp³-hybridized carbons (Fsp3) is 0.846. The van der Waals surface area contributed by atoms with E-state index in [0.717, 1.165) is 0 Å². The van der Waals surface area contributed by atoms with Gasteiger partial charge in [-0.1, -0.05) is 0 Å². The molecule has 0 heterocycles. The highest BCUT2D eigenvalue weighted by molar-refractivity contribution is 5.18. The van der Waals surface area contributed by atoms with Crippen LogP contribution in [-0.4, -0.2) is 42.2 Å². The Morgan fingerprint density at radius 1 is 0.600 bits per heavy atom. The Bertz CT molecular complexity index is 681. The minimum absolute atomic E-state index is 0.430. The van der Waals surface area contributed by atoms with Gasteiger partial charge < -0.3 is 0 Å². The maximum Gasteiger partial charge on any atom is 0.389 e. The Morgan fingerprint density at radius 2 is 1.00 bits per heavy atom. The molecule has 2 nitrogen and oxygen atoms in total. The normalized spacial score (nSPS) is 15.1. The summed E-state index contributed by atoms with van der Waals surface area (Å²) >= 11 is 0. The molecular weight excluding hydrogens is 469 g/mol. The second kappa shape index (κ2) is 7.88. The van der Waals surface area contributed by atoms with Crippen LogP contribution in [0.4, 0.5) is 65.9 Å². The van der Waals surface area contributed by atoms with Crippen molar-refractivity contribution < 1.29 is 65.9 Å². The fourth-order valence-electron chi connectivity index (χ4n) is 1.92. The van der Waals surface area contributed by atoms with Crippen molar-refractivity contribution in [2.45, 2.75) is 61.5 Å². The number of hydrogen-bond acceptors (Lipinski definition) is 2. The lowest BCUT2D eigenvalue weighted by Gasteiger charge is -2.40. The van der Waals surface area contributed by atoms with Crippen molar-refractivity contribution >= 4 is 0 Å². The Kier molecular flexibility index (Phi) is 7.34. The Labute approximate surface area is 156 Å². The number of nitrogens with zero attached hydrogens (tertiary/aromatic N) is 2. The van der Waals surface area contributed by atoms with Crippen molar-refractivity contribution in [3.63, 3.8) is 0 Å². The molecule has 0 saturated carbocycles. The lowest BCUT2D eigenvalue weighted by atomic mass is 9.78. The molecule has 0 bridgehead atoms. The van der Waals surface area contributed by atoms with Crippen molar-refractivity contribution in [1.82, 2.24) is 0 Å². The van der Waals surface area contributed by atoms with Gasteiger partial charge in [0.2, 0.25) is 0 Å². The van der Waals surface area contributed by atoms with Gasteiger partial charge in [0.15, 0.2) is 0 Å². The number of nitriles is 2. The van der Waals surface area contributed by atoms with Gasteiger partial charge in [-0.2, -0.15) is 67.6 Å². The third-order valence-corrected chi connectivity index (χ3v) is 3.73. The number of hydrogen-bond donors (Lipinski definition) is 0. The molecule has 174 valence electrons. The van der Waals surface area contributed by atoms with Crippen LogP contribution in [0.3, 0.4) is 0 Å². The van der Waals surface area contributed by atoms with Crippen LogP contribution in [-0.2, 0) is 0 Å². The molecule has 0 spiro atoms. The lowest BCUT2D eigenvalue weighted by molar-refractivity contribution is -0.414. The molecule has 17 heteroatoms. The zero-order valence-corrected chi connectivity index (χ0v) is 13.8. The molecule has 0 aliphatic rings. The highest BCUT2D eigenvalue weighted by Gasteiger charge is 2.88. The monoisotopic (exact) mass is 476 g/mol. The maximum atomic E-state index is 13.7. The Balaban J connectivity index is 6.29. The van der Waals surface area contributed by atoms with Gasteiger partial charge in [0.05, 0.1) is 12.1 Å². The predicted octanol–water partition coefficient (Wildman–Crippen LogP) is 6.19. The van der Waals surface area contributed by atoms with Crippen LogP contribution in [0.2, 0.25) is 0 Å². The second-order valence-corrected chi connectivity index (χ2v) is 5.95. The van der Waals surface area contributed by atoms with Crippen molar-refractivity contribution in [2.24, 2.45) is 5.41 Å². The summed E-state index contributed by atoms with van der Waals surface area (Å²) in [7, 11) is 0. The van der Waals surface area contributed by atoms with E-state index in [9.17, 15) is 65.9 Å². The standard InChI is InChI=1S/C13H7F15N2/c14-6(15)10(21,22)12(25,26)13(27,28)11(23,24)8(16,17)3-7(4-29,5-30)1-2-9(18,19)20/h6H,1-3H2. The van der Waals surface area contributed by atoms with E-state index in [1.54, 1.807) is 0 Å². The average molecular weight is 476 g/mol. The van der Waals surface area contributed by atoms with Crippen LogP contribution >= 0.6 is 0 Å². The molecule has 30 heavy (non-hydrogen) atoms. The third-order valence-electron chi connectivity index (χ3n) is 3.73. The molecule has 0 N–H and O–H groups in total. The quantitative estimate of drug-likeness (QED) is 0.373. The Hall–Kier alpha value is -2.07. The van der Waals surface area contributed by atoms with Crippen molar-refractivity contribution in [2.75, 3.05) is 0 Å². The fourth-order valence-corrected chi connectivity index (χ4v) is 1.92. The summed E-state index contributed by atoms with van der Waals surface area (Å²) in [5.41, 5.74) is -3.81. The van der Waals surface area contributed by atoms with E-state index in [4.69, 9.17) is 10.5 Å². The van der Waals surface area contributed by atoms with E-state index < -0.39 is 66.9 Å². The molecule has 0 aromatic heterocycles. The van der Waals surface area contributed by atoms with Crippen molar-refractivity contribution in [3.8, 4) is 12.1 Å². The summed E-state index contributed by atoms with van der Waals surface area (Å²) in [5, 5.41) is 17.2. The zero-order chi connectivity index (χ0) is 24.6. The first-order valence-electron chi connectivity index (χ1n) is 7.04. The van der Waals surface area contributed by atoms with Crippen LogP contribution in [0.5, 0.6) is 0 Å². The van der Waals surface area contributed by atoms with E-state index in [1.807, 2.05) is 0 Å². The Morgan fingerprint density at radius 3 is 1.30 bits per heavy atom. The van der Waals surface area contributed by atoms with E-state index in [1.165, 1.54) is 0 Å². The molecule has 0 rings (SSSR count). The largest absolute Gasteiger partial charge is 0.389 e. The van der Waals surface area contributed by atoms with Gasteiger partial charge in [0.25, 0.3) is 0 Å². The van der Waals surface area contributed by atoms with Crippen LogP contribution in [0.1, 0.15) is 19.3 Å². The van der Waals surface area contributed by atoms with Gasteiger partial charge in [-0.05, 0) is 6.42 Å². The minimum Gasteiger partial charge on any atom is -0.203 e. The molecule has 0 radical (unpaired) electrons. The summed E-state index contributed by atoms with van der Waals surface area (Å²) in [6.45, 7) is 0. The molecule has 0 amide bonds. The maximum absolute atomic E-state index is 13.7. The van der Waals surface area contributed by atoms with E-state index >= 15 is 0 Å². The van der Waals surface area contributed by atoms with E-state index in [2.05, 4.69) is 0 Å². The van der Waals surface area contributed by atoms with Crippen molar-refractivity contribution in [1.29, 1.82) is 10.5 Å². The summed E-state index contributed by atoms with van der Waals surface area (Å²) in [4.78, 5) is 0. The lowest BCUT2D eigenvalue weighted by Crippen LogP contribution is -2.69. The van der Waals surface area contributed by atoms with Gasteiger partial charge >= 0.3 is 42.2 Å². The summed E-state index contributed by atoms with van der Waals surface area (Å²) < 4.78 is 193. The molecule has 0 saturated heterocycles. The van der Waals surface area contributed by atoms with Gasteiger partial charge in [0, 0.05) is 12.8 Å². The number of halogens is 15. The summed E-state index contributed by atoms with van der Waals surface area (Å²) in [5.74, 6) is -37.2. The van der Waals surface area contributed by atoms with Crippen LogP contribution in [0.15, 0.2) is 0 Å². The van der Waals surface area contributed by atoms with E-state index in [0.29, 0.717) is 12.1 Å². The zero-order valence-electron chi connectivity index (χ0n) is 13.8. The molecule has 0 aromatic carbocycles. The molecular formula is C13H7F15N2. The molecule has 0 unspecified atom stereocenters. The first-order valence-corrected chi connectivity index (χ1v) is 7.04. The smallest absolute Gasteiger partial charge is 0.203 e. The molecule has 0 fully saturated rings. The van der Waals surface area contributed by atoms with Crippen LogP contribution in [0, 0.1) is 28.1 Å². The predicted molar refractivity (Wildman–Crippen MR) is 64.3 cm³/mol. The number of alkyl halides is 15. The molecule has 0 atom stereocenters. The average Bonchev–Trinajstić information content (AvgIpc) is 2.56. The third kappa shape index (κ3) is 4.64. The first-order chi connectivity index (χ1) is 13.0. The van der Waals surface area contributed by atoms with Gasteiger partial charge in [-0.25, -0.2) is 8.78 Å².